The summed E-state index contributed by atoms with van der Waals surface area (Å²) in [5.74, 6) is 1.56. The Morgan fingerprint density at radius 3 is 2.56 bits per heavy atom. The van der Waals surface area contributed by atoms with Crippen LogP contribution in [0.4, 0.5) is 5.69 Å². The molecule has 34 heavy (non-hydrogen) atoms. The second-order valence-corrected chi connectivity index (χ2v) is 8.35. The zero-order valence-corrected chi connectivity index (χ0v) is 19.1. The van der Waals surface area contributed by atoms with Crippen molar-refractivity contribution in [2.75, 3.05) is 18.2 Å². The van der Waals surface area contributed by atoms with Gasteiger partial charge in [-0.15, -0.1) is 15.3 Å². The second kappa shape index (κ2) is 9.75. The van der Waals surface area contributed by atoms with Crippen molar-refractivity contribution in [2.45, 2.75) is 11.6 Å². The van der Waals surface area contributed by atoms with E-state index in [9.17, 15) is 4.79 Å². The van der Waals surface area contributed by atoms with Gasteiger partial charge in [0.05, 0.1) is 24.0 Å². The van der Waals surface area contributed by atoms with Crippen LogP contribution in [-0.2, 0) is 4.79 Å². The first kappa shape index (κ1) is 21.7. The summed E-state index contributed by atoms with van der Waals surface area (Å²) < 4.78 is 8.89. The number of nitrogens with one attached hydrogen (secondary N) is 1. The maximum Gasteiger partial charge on any atom is 0.259 e. The number of amides is 1. The Hall–Kier alpha value is -4.18. The molecule has 0 aliphatic rings. The van der Waals surface area contributed by atoms with Crippen molar-refractivity contribution in [2.24, 2.45) is 0 Å². The van der Waals surface area contributed by atoms with E-state index >= 15 is 0 Å². The fourth-order valence-electron chi connectivity index (χ4n) is 3.51. The van der Waals surface area contributed by atoms with Crippen LogP contribution in [-0.4, -0.2) is 48.5 Å². The number of thioether (sulfide) groups is 1. The lowest BCUT2D eigenvalue weighted by molar-refractivity contribution is -0.115. The summed E-state index contributed by atoms with van der Waals surface area (Å²) >= 11 is 1.45. The molecule has 3 aromatic carbocycles. The smallest absolute Gasteiger partial charge is 0.259 e. The van der Waals surface area contributed by atoms with E-state index in [-0.39, 0.29) is 5.91 Å². The van der Waals surface area contributed by atoms with Crippen molar-refractivity contribution in [3.8, 4) is 17.4 Å². The molecule has 0 spiro atoms. The highest BCUT2D eigenvalue weighted by Gasteiger charge is 2.19. The standard InChI is InChI=1S/C24H21N7O2S/c1-33-21-14-8-6-12-19(21)25-22(32)15-16-34-24-28-27-23(30(24)17-9-3-2-4-10-17)31-20-13-7-5-11-18(20)26-29-31/h2-14H,15-16H2,1H3,(H,25,32). The number of hydrogen-bond donors (Lipinski definition) is 1. The maximum atomic E-state index is 12.5. The van der Waals surface area contributed by atoms with Gasteiger partial charge in [-0.2, -0.15) is 4.68 Å². The molecule has 0 fully saturated rings. The largest absolute Gasteiger partial charge is 0.495 e. The van der Waals surface area contributed by atoms with Crippen LogP contribution < -0.4 is 10.1 Å². The van der Waals surface area contributed by atoms with Gasteiger partial charge in [-0.1, -0.05) is 59.4 Å². The van der Waals surface area contributed by atoms with Gasteiger partial charge in [0.25, 0.3) is 5.95 Å². The lowest BCUT2D eigenvalue weighted by atomic mass is 10.3. The van der Waals surface area contributed by atoms with Crippen LogP contribution in [0.3, 0.4) is 0 Å². The molecular formula is C24H21N7O2S. The summed E-state index contributed by atoms with van der Waals surface area (Å²) in [6, 6.07) is 24.8. The van der Waals surface area contributed by atoms with E-state index in [1.54, 1.807) is 11.8 Å². The molecule has 1 amide bonds. The molecule has 170 valence electrons. The van der Waals surface area contributed by atoms with Gasteiger partial charge in [-0.05, 0) is 36.4 Å². The van der Waals surface area contributed by atoms with Gasteiger partial charge in [-0.25, -0.2) is 0 Å². The zero-order valence-electron chi connectivity index (χ0n) is 18.3. The molecule has 5 rings (SSSR count). The Morgan fingerprint density at radius 2 is 1.71 bits per heavy atom. The molecule has 1 N–H and O–H groups in total. The minimum atomic E-state index is -0.106. The molecule has 2 aromatic heterocycles. The molecule has 0 bridgehead atoms. The highest BCUT2D eigenvalue weighted by atomic mass is 32.2. The predicted octanol–water partition coefficient (Wildman–Crippen LogP) is 4.13. The molecule has 2 heterocycles. The van der Waals surface area contributed by atoms with E-state index in [2.05, 4.69) is 25.8 Å². The number of fused-ring (bicyclic) bond motifs is 1. The molecule has 0 saturated carbocycles. The Balaban J connectivity index is 1.38. The minimum Gasteiger partial charge on any atom is -0.495 e. The molecule has 9 nitrogen and oxygen atoms in total. The van der Waals surface area contributed by atoms with Crippen LogP contribution in [0.5, 0.6) is 5.75 Å². The Kier molecular flexibility index (Phi) is 6.21. The SMILES string of the molecule is COc1ccccc1NC(=O)CCSc1nnc(-n2nnc3ccccc32)n1-c1ccccc1. The summed E-state index contributed by atoms with van der Waals surface area (Å²) in [7, 11) is 1.58. The van der Waals surface area contributed by atoms with E-state index in [0.717, 1.165) is 16.7 Å². The number of anilines is 1. The molecule has 5 aromatic rings. The van der Waals surface area contributed by atoms with Crippen LogP contribution in [0.2, 0.25) is 0 Å². The average Bonchev–Trinajstić information content (AvgIpc) is 3.49. The third-order valence-corrected chi connectivity index (χ3v) is 6.04. The topological polar surface area (TPSA) is 99.8 Å². The fraction of sp³-hybridized carbons (Fsp3) is 0.125. The number of hydrogen-bond acceptors (Lipinski definition) is 7. The quantitative estimate of drug-likeness (QED) is 0.340. The molecule has 0 aliphatic carbocycles. The van der Waals surface area contributed by atoms with Crippen LogP contribution in [0.15, 0.2) is 84.0 Å². The first-order valence-corrected chi connectivity index (χ1v) is 11.6. The summed E-state index contributed by atoms with van der Waals surface area (Å²) in [4.78, 5) is 12.5. The molecule has 0 radical (unpaired) electrons. The van der Waals surface area contributed by atoms with Gasteiger partial charge < -0.3 is 10.1 Å². The number of benzene rings is 3. The van der Waals surface area contributed by atoms with Crippen molar-refractivity contribution in [1.82, 2.24) is 29.8 Å². The van der Waals surface area contributed by atoms with E-state index in [0.29, 0.717) is 34.7 Å². The van der Waals surface area contributed by atoms with E-state index in [1.165, 1.54) is 11.8 Å². The second-order valence-electron chi connectivity index (χ2n) is 7.29. The molecule has 0 aliphatic heterocycles. The summed E-state index contributed by atoms with van der Waals surface area (Å²) in [6.07, 6.45) is 0.298. The van der Waals surface area contributed by atoms with Gasteiger partial charge in [0.15, 0.2) is 5.16 Å². The molecular weight excluding hydrogens is 450 g/mol. The number of methoxy groups -OCH3 is 1. The van der Waals surface area contributed by atoms with Crippen LogP contribution in [0.25, 0.3) is 22.7 Å². The predicted molar refractivity (Wildman–Crippen MR) is 131 cm³/mol. The van der Waals surface area contributed by atoms with E-state index < -0.39 is 0 Å². The third kappa shape index (κ3) is 4.35. The van der Waals surface area contributed by atoms with Crippen molar-refractivity contribution in [1.29, 1.82) is 0 Å². The van der Waals surface area contributed by atoms with Crippen molar-refractivity contribution in [3.63, 3.8) is 0 Å². The van der Waals surface area contributed by atoms with Gasteiger partial charge in [-0.3, -0.25) is 9.36 Å². The maximum absolute atomic E-state index is 12.5. The first-order valence-electron chi connectivity index (χ1n) is 10.6. The number of ether oxygens (including phenoxy) is 1. The Morgan fingerprint density at radius 1 is 0.941 bits per heavy atom. The monoisotopic (exact) mass is 471 g/mol. The molecule has 0 unspecified atom stereocenters. The number of carbonyl (C=O) groups is 1. The van der Waals surface area contributed by atoms with Crippen LogP contribution in [0, 0.1) is 0 Å². The van der Waals surface area contributed by atoms with Gasteiger partial charge in [0.1, 0.15) is 11.3 Å². The first-order chi connectivity index (χ1) is 16.7. The number of aromatic nitrogens is 6. The van der Waals surface area contributed by atoms with E-state index in [4.69, 9.17) is 4.74 Å². The van der Waals surface area contributed by atoms with E-state index in [1.807, 2.05) is 83.4 Å². The summed E-state index contributed by atoms with van der Waals surface area (Å²) in [5.41, 5.74) is 3.14. The van der Waals surface area contributed by atoms with Gasteiger partial charge in [0.2, 0.25) is 5.91 Å². The highest BCUT2D eigenvalue weighted by molar-refractivity contribution is 7.99. The van der Waals surface area contributed by atoms with Crippen molar-refractivity contribution in [3.05, 3.63) is 78.9 Å². The highest BCUT2D eigenvalue weighted by Crippen LogP contribution is 2.27. The van der Waals surface area contributed by atoms with Crippen molar-refractivity contribution < 1.29 is 9.53 Å². The molecule has 10 heteroatoms. The number of carbonyl (C=O) groups excluding carboxylic acids is 1. The molecule has 0 atom stereocenters. The zero-order chi connectivity index (χ0) is 23.3. The average molecular weight is 472 g/mol. The number of nitrogens with zero attached hydrogens (tertiary/aromatic N) is 6. The lowest BCUT2D eigenvalue weighted by Gasteiger charge is -2.11. The van der Waals surface area contributed by atoms with Crippen LogP contribution in [0.1, 0.15) is 6.42 Å². The number of para-hydroxylation sites is 4. The Labute approximate surface area is 199 Å². The fourth-order valence-corrected chi connectivity index (χ4v) is 4.39. The molecule has 0 saturated heterocycles. The normalized spacial score (nSPS) is 11.0. The Bertz CT molecular complexity index is 1430. The van der Waals surface area contributed by atoms with Gasteiger partial charge >= 0.3 is 0 Å². The summed E-state index contributed by atoms with van der Waals surface area (Å²) in [5, 5.41) is 20.9. The third-order valence-electron chi connectivity index (χ3n) is 5.11. The van der Waals surface area contributed by atoms with Crippen molar-refractivity contribution >= 4 is 34.4 Å². The number of rotatable bonds is 8. The lowest BCUT2D eigenvalue weighted by Crippen LogP contribution is -2.13. The summed E-state index contributed by atoms with van der Waals surface area (Å²) in [6.45, 7) is 0. The minimum absolute atomic E-state index is 0.106. The van der Waals surface area contributed by atoms with Gasteiger partial charge in [0, 0.05) is 12.2 Å². The van der Waals surface area contributed by atoms with Crippen LogP contribution >= 0.6 is 11.8 Å².